The molecule has 0 fully saturated rings. The van der Waals surface area contributed by atoms with E-state index in [1.165, 1.54) is 6.26 Å². The van der Waals surface area contributed by atoms with E-state index in [4.69, 9.17) is 15.0 Å². The highest BCUT2D eigenvalue weighted by molar-refractivity contribution is 7.88. The molecule has 0 spiro atoms. The lowest BCUT2D eigenvalue weighted by Crippen LogP contribution is -2.25. The highest BCUT2D eigenvalue weighted by Crippen LogP contribution is 2.38. The zero-order valence-electron chi connectivity index (χ0n) is 17.0. The van der Waals surface area contributed by atoms with Gasteiger partial charge in [-0.05, 0) is 56.0 Å². The Morgan fingerprint density at radius 2 is 2.07 bits per heavy atom. The normalized spacial score (nSPS) is 16.1. The van der Waals surface area contributed by atoms with E-state index in [0.717, 1.165) is 23.1 Å². The Bertz CT molecular complexity index is 1190. The number of nitrogens with zero attached hydrogens (tertiary/aromatic N) is 2. The van der Waals surface area contributed by atoms with Gasteiger partial charge in [-0.15, -0.1) is 0 Å². The van der Waals surface area contributed by atoms with Crippen LogP contribution in [0, 0.1) is 0 Å². The SMILES string of the molecule is CC(C)Oc1ccc(-c2nc(-c3cccc4c3CC[C@@H]4NS(C)(=O)=O)no2)cc1N. The maximum absolute atomic E-state index is 11.7. The van der Waals surface area contributed by atoms with Crippen molar-refractivity contribution in [3.63, 3.8) is 0 Å². The molecule has 0 bridgehead atoms. The summed E-state index contributed by atoms with van der Waals surface area (Å²) in [5.74, 6) is 1.43. The first-order valence-electron chi connectivity index (χ1n) is 9.71. The van der Waals surface area contributed by atoms with Crippen LogP contribution in [0.1, 0.15) is 37.4 Å². The molecule has 0 saturated heterocycles. The van der Waals surface area contributed by atoms with Crippen molar-refractivity contribution in [2.24, 2.45) is 0 Å². The largest absolute Gasteiger partial charge is 0.489 e. The van der Waals surface area contributed by atoms with Gasteiger partial charge in [0.1, 0.15) is 5.75 Å². The molecule has 0 aliphatic heterocycles. The van der Waals surface area contributed by atoms with Crippen LogP contribution >= 0.6 is 0 Å². The fourth-order valence-corrected chi connectivity index (χ4v) is 4.50. The lowest BCUT2D eigenvalue weighted by Gasteiger charge is -2.12. The quantitative estimate of drug-likeness (QED) is 0.578. The molecule has 0 unspecified atom stereocenters. The number of hydrogen-bond donors (Lipinski definition) is 2. The van der Waals surface area contributed by atoms with Crippen LogP contribution < -0.4 is 15.2 Å². The monoisotopic (exact) mass is 428 g/mol. The predicted molar refractivity (Wildman–Crippen MR) is 114 cm³/mol. The van der Waals surface area contributed by atoms with E-state index in [1.54, 1.807) is 12.1 Å². The zero-order valence-corrected chi connectivity index (χ0v) is 17.9. The molecular weight excluding hydrogens is 404 g/mol. The highest BCUT2D eigenvalue weighted by Gasteiger charge is 2.28. The number of benzene rings is 2. The Kier molecular flexibility index (Phi) is 5.25. The smallest absolute Gasteiger partial charge is 0.258 e. The van der Waals surface area contributed by atoms with Crippen molar-refractivity contribution in [1.29, 1.82) is 0 Å². The third-order valence-corrected chi connectivity index (χ3v) is 5.63. The van der Waals surface area contributed by atoms with Crippen LogP contribution in [0.15, 0.2) is 40.9 Å². The summed E-state index contributed by atoms with van der Waals surface area (Å²) in [6.07, 6.45) is 2.62. The molecule has 2 aromatic carbocycles. The van der Waals surface area contributed by atoms with E-state index in [-0.39, 0.29) is 12.1 Å². The summed E-state index contributed by atoms with van der Waals surface area (Å²) in [5.41, 5.74) is 10.1. The maximum atomic E-state index is 11.7. The first kappa shape index (κ1) is 20.4. The zero-order chi connectivity index (χ0) is 21.5. The van der Waals surface area contributed by atoms with Crippen LogP contribution in [-0.4, -0.2) is 30.9 Å². The topological polar surface area (TPSA) is 120 Å². The standard InChI is InChI=1S/C21H24N4O4S/c1-12(2)28-19-10-7-13(11-17(19)22)21-23-20(24-29-21)16-6-4-5-15-14(16)8-9-18(15)25-30(3,26)27/h4-7,10-12,18,25H,8-9,22H2,1-3H3/t18-/m0/s1. The lowest BCUT2D eigenvalue weighted by atomic mass is 10.0. The number of nitrogens with two attached hydrogens (primary N) is 1. The third-order valence-electron chi connectivity index (χ3n) is 4.91. The molecule has 4 rings (SSSR count). The minimum atomic E-state index is -3.30. The minimum absolute atomic E-state index is 0.0225. The summed E-state index contributed by atoms with van der Waals surface area (Å²) >= 11 is 0. The molecule has 1 aliphatic carbocycles. The van der Waals surface area contributed by atoms with Crippen molar-refractivity contribution in [1.82, 2.24) is 14.9 Å². The van der Waals surface area contributed by atoms with Gasteiger partial charge in [0.25, 0.3) is 5.89 Å². The van der Waals surface area contributed by atoms with E-state index in [9.17, 15) is 8.42 Å². The molecule has 1 aliphatic rings. The van der Waals surface area contributed by atoms with E-state index in [2.05, 4.69) is 14.9 Å². The van der Waals surface area contributed by atoms with Gasteiger partial charge in [-0.25, -0.2) is 13.1 Å². The summed E-state index contributed by atoms with van der Waals surface area (Å²) < 4.78 is 37.1. The molecule has 0 amide bonds. The number of fused-ring (bicyclic) bond motifs is 1. The fraction of sp³-hybridized carbons (Fsp3) is 0.333. The molecule has 1 heterocycles. The summed E-state index contributed by atoms with van der Waals surface area (Å²) in [6, 6.07) is 10.9. The Morgan fingerprint density at radius 1 is 1.27 bits per heavy atom. The Balaban J connectivity index is 1.64. The van der Waals surface area contributed by atoms with Crippen molar-refractivity contribution in [3.8, 4) is 28.6 Å². The van der Waals surface area contributed by atoms with Crippen LogP contribution in [0.4, 0.5) is 5.69 Å². The van der Waals surface area contributed by atoms with Crippen molar-refractivity contribution in [3.05, 3.63) is 47.5 Å². The van der Waals surface area contributed by atoms with Gasteiger partial charge in [0.2, 0.25) is 15.8 Å². The second-order valence-electron chi connectivity index (χ2n) is 7.70. The van der Waals surface area contributed by atoms with Gasteiger partial charge in [-0.2, -0.15) is 4.98 Å². The molecule has 9 heteroatoms. The molecule has 30 heavy (non-hydrogen) atoms. The Labute approximate surface area is 175 Å². The van der Waals surface area contributed by atoms with Gasteiger partial charge in [0, 0.05) is 17.2 Å². The Morgan fingerprint density at radius 3 is 2.77 bits per heavy atom. The molecule has 0 radical (unpaired) electrons. The van der Waals surface area contributed by atoms with Gasteiger partial charge in [-0.1, -0.05) is 23.4 Å². The highest BCUT2D eigenvalue weighted by atomic mass is 32.2. The van der Waals surface area contributed by atoms with Crippen LogP contribution in [-0.2, 0) is 16.4 Å². The molecule has 0 saturated carbocycles. The van der Waals surface area contributed by atoms with E-state index >= 15 is 0 Å². The van der Waals surface area contributed by atoms with Crippen molar-refractivity contribution >= 4 is 15.7 Å². The van der Waals surface area contributed by atoms with Crippen LogP contribution in [0.2, 0.25) is 0 Å². The van der Waals surface area contributed by atoms with Crippen molar-refractivity contribution < 1.29 is 17.7 Å². The van der Waals surface area contributed by atoms with E-state index in [1.807, 2.05) is 38.1 Å². The number of nitrogen functional groups attached to an aromatic ring is 1. The van der Waals surface area contributed by atoms with Crippen molar-refractivity contribution in [2.75, 3.05) is 12.0 Å². The van der Waals surface area contributed by atoms with Crippen LogP contribution in [0.5, 0.6) is 5.75 Å². The van der Waals surface area contributed by atoms with Gasteiger partial charge >= 0.3 is 0 Å². The third kappa shape index (κ3) is 4.17. The molecule has 1 aromatic heterocycles. The number of anilines is 1. The number of sulfonamides is 1. The second kappa shape index (κ2) is 7.73. The number of rotatable bonds is 6. The van der Waals surface area contributed by atoms with Crippen LogP contribution in [0.3, 0.4) is 0 Å². The number of ether oxygens (including phenoxy) is 1. The van der Waals surface area contributed by atoms with Gasteiger partial charge < -0.3 is 15.0 Å². The minimum Gasteiger partial charge on any atom is -0.489 e. The number of aromatic nitrogens is 2. The van der Waals surface area contributed by atoms with Gasteiger partial charge in [0.05, 0.1) is 18.0 Å². The fourth-order valence-electron chi connectivity index (χ4n) is 3.74. The summed E-state index contributed by atoms with van der Waals surface area (Å²) in [4.78, 5) is 4.55. The van der Waals surface area contributed by atoms with Gasteiger partial charge in [-0.3, -0.25) is 0 Å². The lowest BCUT2D eigenvalue weighted by molar-refractivity contribution is 0.244. The number of hydrogen-bond acceptors (Lipinski definition) is 7. The molecule has 3 aromatic rings. The summed E-state index contributed by atoms with van der Waals surface area (Å²) in [6.45, 7) is 3.87. The summed E-state index contributed by atoms with van der Waals surface area (Å²) in [7, 11) is -3.30. The molecule has 8 nitrogen and oxygen atoms in total. The molecule has 3 N–H and O–H groups in total. The first-order chi connectivity index (χ1) is 14.2. The second-order valence-corrected chi connectivity index (χ2v) is 9.48. The molecular formula is C21H24N4O4S. The van der Waals surface area contributed by atoms with E-state index in [0.29, 0.717) is 35.1 Å². The molecule has 1 atom stereocenters. The van der Waals surface area contributed by atoms with Gasteiger partial charge in [0.15, 0.2) is 0 Å². The maximum Gasteiger partial charge on any atom is 0.258 e. The first-order valence-corrected chi connectivity index (χ1v) is 11.6. The summed E-state index contributed by atoms with van der Waals surface area (Å²) in [5, 5.41) is 4.14. The average Bonchev–Trinajstić information content (AvgIpc) is 3.29. The van der Waals surface area contributed by atoms with Crippen LogP contribution in [0.25, 0.3) is 22.8 Å². The van der Waals surface area contributed by atoms with E-state index < -0.39 is 10.0 Å². The number of nitrogens with one attached hydrogen (secondary N) is 1. The molecule has 158 valence electrons. The Hall–Kier alpha value is -2.91. The van der Waals surface area contributed by atoms with Crippen molar-refractivity contribution in [2.45, 2.75) is 38.8 Å². The average molecular weight is 429 g/mol. The predicted octanol–water partition coefficient (Wildman–Crippen LogP) is 3.31.